The number of rotatable bonds is 2. The molecule has 18 heavy (non-hydrogen) atoms. The smallest absolute Gasteiger partial charge is 0.144 e. The molecule has 94 valence electrons. The van der Waals surface area contributed by atoms with Crippen LogP contribution in [0, 0.1) is 17.1 Å². The van der Waals surface area contributed by atoms with Crippen LogP contribution in [0.25, 0.3) is 0 Å². The van der Waals surface area contributed by atoms with Crippen LogP contribution in [-0.2, 0) is 0 Å². The van der Waals surface area contributed by atoms with Gasteiger partial charge in [-0.2, -0.15) is 5.26 Å². The summed E-state index contributed by atoms with van der Waals surface area (Å²) in [7, 11) is 0. The third-order valence-corrected chi connectivity index (χ3v) is 3.41. The fraction of sp³-hybridized carbons (Fsp3) is 0.0833. The Hall–Kier alpha value is -1.61. The first-order valence-corrected chi connectivity index (χ1v) is 5.73. The van der Waals surface area contributed by atoms with E-state index in [1.54, 1.807) is 6.07 Å². The highest BCUT2D eigenvalue weighted by Crippen LogP contribution is 2.33. The second-order valence-electron chi connectivity index (χ2n) is 3.47. The molecule has 1 aromatic carbocycles. The zero-order chi connectivity index (χ0) is 12.4. The number of hydrogen-bond donors (Lipinski definition) is 2. The minimum atomic E-state index is -0.743. The number of phenolic OH excluding ortho intramolecular Hbond substituents is 1. The first-order valence-electron chi connectivity index (χ1n) is 4.85. The summed E-state index contributed by atoms with van der Waals surface area (Å²) in [6.45, 7) is 0. The van der Waals surface area contributed by atoms with Crippen molar-refractivity contribution in [2.24, 2.45) is 5.73 Å². The van der Waals surface area contributed by atoms with Crippen LogP contribution >= 0.6 is 23.7 Å². The molecule has 0 saturated heterocycles. The standard InChI is InChI=1S/C12H9FN2OS.ClH/c13-9-4-3-7(12(16)8(9)6-14)11(15)10-2-1-5-17-10;/h1-5,11,16H,15H2;1H/t11-;/m0./s1. The van der Waals surface area contributed by atoms with Gasteiger partial charge in [0.25, 0.3) is 0 Å². The molecule has 1 aromatic heterocycles. The highest BCUT2D eigenvalue weighted by atomic mass is 35.5. The summed E-state index contributed by atoms with van der Waals surface area (Å²) in [4.78, 5) is 0.843. The Morgan fingerprint density at radius 1 is 1.39 bits per heavy atom. The zero-order valence-electron chi connectivity index (χ0n) is 9.13. The second-order valence-corrected chi connectivity index (χ2v) is 4.44. The van der Waals surface area contributed by atoms with Gasteiger partial charge in [-0.15, -0.1) is 23.7 Å². The van der Waals surface area contributed by atoms with Crippen molar-refractivity contribution in [3.05, 3.63) is 51.5 Å². The molecule has 1 heterocycles. The van der Waals surface area contributed by atoms with E-state index in [1.165, 1.54) is 17.4 Å². The van der Waals surface area contributed by atoms with Crippen molar-refractivity contribution in [2.75, 3.05) is 0 Å². The van der Waals surface area contributed by atoms with Crippen molar-refractivity contribution in [1.29, 1.82) is 5.26 Å². The van der Waals surface area contributed by atoms with Crippen molar-refractivity contribution >= 4 is 23.7 Å². The Bertz CT molecular complexity index is 581. The molecule has 2 rings (SSSR count). The summed E-state index contributed by atoms with van der Waals surface area (Å²) in [5.74, 6) is -1.12. The molecule has 0 radical (unpaired) electrons. The minimum absolute atomic E-state index is 0. The van der Waals surface area contributed by atoms with Crippen LogP contribution < -0.4 is 5.73 Å². The maximum atomic E-state index is 13.2. The summed E-state index contributed by atoms with van der Waals surface area (Å²) in [5.41, 5.74) is 5.94. The Kier molecular flexibility index (Phi) is 4.68. The van der Waals surface area contributed by atoms with Gasteiger partial charge in [0.15, 0.2) is 0 Å². The Morgan fingerprint density at radius 2 is 2.11 bits per heavy atom. The molecule has 0 amide bonds. The third-order valence-electron chi connectivity index (χ3n) is 2.45. The number of halogens is 2. The van der Waals surface area contributed by atoms with Crippen LogP contribution in [0.5, 0.6) is 5.75 Å². The van der Waals surface area contributed by atoms with E-state index in [9.17, 15) is 9.50 Å². The van der Waals surface area contributed by atoms with Gasteiger partial charge in [0.1, 0.15) is 23.2 Å². The number of nitrogens with two attached hydrogens (primary N) is 1. The van der Waals surface area contributed by atoms with E-state index in [0.29, 0.717) is 5.56 Å². The second kappa shape index (κ2) is 5.83. The van der Waals surface area contributed by atoms with Crippen LogP contribution in [0.4, 0.5) is 4.39 Å². The molecule has 3 N–H and O–H groups in total. The number of phenols is 1. The quantitative estimate of drug-likeness (QED) is 0.891. The summed E-state index contributed by atoms with van der Waals surface area (Å²) >= 11 is 1.44. The van der Waals surface area contributed by atoms with Crippen LogP contribution in [0.2, 0.25) is 0 Å². The molecule has 0 aliphatic rings. The van der Waals surface area contributed by atoms with Crippen LogP contribution in [-0.4, -0.2) is 5.11 Å². The molecular formula is C12H10ClFN2OS. The van der Waals surface area contributed by atoms with Crippen molar-refractivity contribution in [2.45, 2.75) is 6.04 Å². The third kappa shape index (κ3) is 2.46. The first kappa shape index (κ1) is 14.5. The molecule has 0 aliphatic heterocycles. The predicted octanol–water partition coefficient (Wildman–Crippen LogP) is 2.93. The fourth-order valence-corrected chi connectivity index (χ4v) is 2.31. The van der Waals surface area contributed by atoms with Gasteiger partial charge in [-0.05, 0) is 17.5 Å². The van der Waals surface area contributed by atoms with Crippen molar-refractivity contribution in [3.63, 3.8) is 0 Å². The molecule has 0 aliphatic carbocycles. The number of aromatic hydroxyl groups is 1. The molecule has 2 aromatic rings. The van der Waals surface area contributed by atoms with Gasteiger partial charge in [-0.3, -0.25) is 0 Å². The van der Waals surface area contributed by atoms with Crippen LogP contribution in [0.3, 0.4) is 0 Å². The number of thiophene rings is 1. The lowest BCUT2D eigenvalue weighted by Crippen LogP contribution is -2.11. The summed E-state index contributed by atoms with van der Waals surface area (Å²) < 4.78 is 13.2. The molecule has 0 unspecified atom stereocenters. The Morgan fingerprint density at radius 3 is 2.67 bits per heavy atom. The average Bonchev–Trinajstić information content (AvgIpc) is 2.82. The van der Waals surface area contributed by atoms with E-state index < -0.39 is 11.9 Å². The topological polar surface area (TPSA) is 70.0 Å². The molecular weight excluding hydrogens is 275 g/mol. The molecule has 1 atom stereocenters. The van der Waals surface area contributed by atoms with Crippen LogP contribution in [0.15, 0.2) is 29.6 Å². The average molecular weight is 285 g/mol. The molecule has 0 saturated carbocycles. The number of nitriles is 1. The molecule has 3 nitrogen and oxygen atoms in total. The number of hydrogen-bond acceptors (Lipinski definition) is 4. The van der Waals surface area contributed by atoms with Gasteiger partial charge in [0, 0.05) is 10.4 Å². The Balaban J connectivity index is 0.00000162. The van der Waals surface area contributed by atoms with Gasteiger partial charge in [-0.25, -0.2) is 4.39 Å². The van der Waals surface area contributed by atoms with E-state index >= 15 is 0 Å². The van der Waals surface area contributed by atoms with Crippen molar-refractivity contribution in [3.8, 4) is 11.8 Å². The Labute approximate surface area is 114 Å². The lowest BCUT2D eigenvalue weighted by molar-refractivity contribution is 0.457. The normalized spacial score (nSPS) is 11.4. The number of nitrogens with zero attached hydrogens (tertiary/aromatic N) is 1. The monoisotopic (exact) mass is 284 g/mol. The lowest BCUT2D eigenvalue weighted by atomic mass is 10.0. The highest BCUT2D eigenvalue weighted by molar-refractivity contribution is 7.10. The van der Waals surface area contributed by atoms with Crippen molar-refractivity contribution in [1.82, 2.24) is 0 Å². The van der Waals surface area contributed by atoms with E-state index in [0.717, 1.165) is 10.9 Å². The summed E-state index contributed by atoms with van der Waals surface area (Å²) in [6, 6.07) is 7.28. The van der Waals surface area contributed by atoms with Gasteiger partial charge < -0.3 is 10.8 Å². The van der Waals surface area contributed by atoms with E-state index in [-0.39, 0.29) is 23.7 Å². The number of benzene rings is 1. The maximum absolute atomic E-state index is 13.2. The fourth-order valence-electron chi connectivity index (χ4n) is 1.56. The molecule has 6 heteroatoms. The van der Waals surface area contributed by atoms with Gasteiger partial charge >= 0.3 is 0 Å². The van der Waals surface area contributed by atoms with Gasteiger partial charge in [0.2, 0.25) is 0 Å². The highest BCUT2D eigenvalue weighted by Gasteiger charge is 2.19. The SMILES string of the molecule is Cl.N#Cc1c(F)ccc([C@H](N)c2cccs2)c1O. The molecule has 0 bridgehead atoms. The largest absolute Gasteiger partial charge is 0.506 e. The van der Waals surface area contributed by atoms with Crippen LogP contribution in [0.1, 0.15) is 22.0 Å². The van der Waals surface area contributed by atoms with E-state index in [4.69, 9.17) is 11.0 Å². The lowest BCUT2D eigenvalue weighted by Gasteiger charge is -2.13. The van der Waals surface area contributed by atoms with Crippen molar-refractivity contribution < 1.29 is 9.50 Å². The zero-order valence-corrected chi connectivity index (χ0v) is 10.8. The minimum Gasteiger partial charge on any atom is -0.506 e. The van der Waals surface area contributed by atoms with E-state index in [2.05, 4.69) is 0 Å². The predicted molar refractivity (Wildman–Crippen MR) is 70.4 cm³/mol. The van der Waals surface area contributed by atoms with Gasteiger partial charge in [0.05, 0.1) is 6.04 Å². The molecule has 0 spiro atoms. The first-order chi connectivity index (χ1) is 8.15. The van der Waals surface area contributed by atoms with Gasteiger partial charge in [-0.1, -0.05) is 12.1 Å². The van der Waals surface area contributed by atoms with E-state index in [1.807, 2.05) is 17.5 Å². The summed E-state index contributed by atoms with van der Waals surface area (Å²) in [5, 5.41) is 20.4. The molecule has 0 fully saturated rings. The summed E-state index contributed by atoms with van der Waals surface area (Å²) in [6.07, 6.45) is 0. The maximum Gasteiger partial charge on any atom is 0.144 e.